The lowest BCUT2D eigenvalue weighted by Crippen LogP contribution is -2.60. The second-order valence-corrected chi connectivity index (χ2v) is 21.2. The van der Waals surface area contributed by atoms with Gasteiger partial charge in [-0.25, -0.2) is 4.79 Å². The van der Waals surface area contributed by atoms with Gasteiger partial charge in [0.15, 0.2) is 0 Å². The molecule has 20 heteroatoms. The van der Waals surface area contributed by atoms with E-state index < -0.39 is 83.6 Å². The van der Waals surface area contributed by atoms with Crippen LogP contribution in [0.5, 0.6) is 0 Å². The summed E-state index contributed by atoms with van der Waals surface area (Å²) < 4.78 is 27.0. The Kier molecular flexibility index (Phi) is 36.1. The van der Waals surface area contributed by atoms with Crippen molar-refractivity contribution in [3.05, 3.63) is 25.3 Å². The molecule has 0 heterocycles. The third-order valence-electron chi connectivity index (χ3n) is 11.2. The molecular weight excluding hydrogens is 955 g/mol. The number of likely N-dealkylation sites (N-methyl/N-ethyl adjacent to an activating group) is 4. The summed E-state index contributed by atoms with van der Waals surface area (Å²) in [6.07, 6.45) is 5.63. The number of unbranched alkanes of at least 4 members (excludes halogenated alkanes) is 2. The van der Waals surface area contributed by atoms with Crippen molar-refractivity contribution < 1.29 is 62.0 Å². The molecule has 20 nitrogen and oxygen atoms in total. The summed E-state index contributed by atoms with van der Waals surface area (Å²) in [4.78, 5) is 109. The van der Waals surface area contributed by atoms with Gasteiger partial charge in [-0.05, 0) is 98.6 Å². The Morgan fingerprint density at radius 2 is 0.932 bits per heavy atom. The van der Waals surface area contributed by atoms with Gasteiger partial charge in [0, 0.05) is 34.4 Å². The normalized spacial score (nSPS) is 14.2. The number of alkyl carbamates (subject to hydrolysis) is 1. The molecule has 0 bridgehead atoms. The highest BCUT2D eigenvalue weighted by molar-refractivity contribution is 5.95. The monoisotopic (exact) mass is 1050 g/mol. The highest BCUT2D eigenvalue weighted by Crippen LogP contribution is 2.18. The average molecular weight is 1050 g/mol. The Hall–Kier alpha value is -5.08. The Morgan fingerprint density at radius 1 is 0.554 bits per heavy atom. The summed E-state index contributed by atoms with van der Waals surface area (Å²) in [5.74, 6) is -2.96. The molecule has 0 spiro atoms. The van der Waals surface area contributed by atoms with Crippen molar-refractivity contribution in [3.63, 3.8) is 0 Å². The van der Waals surface area contributed by atoms with Crippen LogP contribution in [0.1, 0.15) is 135 Å². The van der Waals surface area contributed by atoms with E-state index in [4.69, 9.17) is 23.7 Å². The van der Waals surface area contributed by atoms with E-state index in [0.29, 0.717) is 38.4 Å². The summed E-state index contributed by atoms with van der Waals surface area (Å²) in [5.41, 5.74) is -0.755. The van der Waals surface area contributed by atoms with Crippen molar-refractivity contribution in [1.82, 2.24) is 35.6 Å². The van der Waals surface area contributed by atoms with E-state index in [2.05, 4.69) is 36.0 Å². The molecule has 3 N–H and O–H groups in total. The lowest BCUT2D eigenvalue weighted by atomic mass is 9.98. The van der Waals surface area contributed by atoms with Crippen molar-refractivity contribution in [2.24, 2.45) is 17.8 Å². The molecule has 0 aliphatic carbocycles. The SMILES string of the molecule is C=CCOC(=O)CN(C)C(=O)[C@@H](NC(=O)[C@H](CC(C)C)N(C)C(=O)[C@H](CC(C)C)NC(=O)OC(C)(C)C)[C@@H](C)OCCCC.C=CCOC(=O)CN(C)C(=O)[C@@H](NC(=O)[C@H](CC(C)C)N(C)C)[C@@H](C)OCCCC. The van der Waals surface area contributed by atoms with Gasteiger partial charge in [0.05, 0.1) is 18.2 Å². The van der Waals surface area contributed by atoms with E-state index in [1.807, 2.05) is 67.5 Å². The maximum absolute atomic E-state index is 13.9. The van der Waals surface area contributed by atoms with Gasteiger partial charge in [-0.2, -0.15) is 0 Å². The molecule has 0 fully saturated rings. The second-order valence-electron chi connectivity index (χ2n) is 21.2. The van der Waals surface area contributed by atoms with Gasteiger partial charge in [0.1, 0.15) is 56.1 Å². The van der Waals surface area contributed by atoms with E-state index in [0.717, 1.165) is 25.7 Å². The minimum Gasteiger partial charge on any atom is -0.460 e. The first kappa shape index (κ1) is 71.0. The zero-order chi connectivity index (χ0) is 57.5. The minimum absolute atomic E-state index is 0.00932. The fourth-order valence-electron chi connectivity index (χ4n) is 7.12. The number of nitrogens with one attached hydrogen (secondary N) is 3. The standard InChI is InChI=1S/C32H58N4O8.C22H41N3O5/c1-13-15-17-42-23(7)27(30(40)35(11)20-26(37)43-16-14-2)34-28(38)25(19-22(5)6)36(12)29(39)24(18-21(3)4)33-31(41)44-32(8,9)10;1-9-11-13-29-17(5)20(22(28)25(8)15-19(26)30-12-10-2)23-21(27)18(24(6)7)14-16(3)4/h14,21-25,27H,2,13,15-20H2,1,3-12H3,(H,33,41)(H,34,38);10,16-18,20H,2,9,11-15H2,1,3-8H3,(H,23,27)/t23-,24+,25+,27+;17-,18+,20+/m11/s1. The molecule has 428 valence electrons. The van der Waals surface area contributed by atoms with E-state index in [-0.39, 0.29) is 50.1 Å². The summed E-state index contributed by atoms with van der Waals surface area (Å²) in [6.45, 7) is 31.9. The number of esters is 2. The van der Waals surface area contributed by atoms with Gasteiger partial charge in [-0.1, -0.05) is 93.5 Å². The van der Waals surface area contributed by atoms with Crippen LogP contribution in [0.3, 0.4) is 0 Å². The first-order chi connectivity index (χ1) is 34.4. The summed E-state index contributed by atoms with van der Waals surface area (Å²) in [7, 11) is 8.14. The third-order valence-corrected chi connectivity index (χ3v) is 11.2. The molecule has 0 aromatic rings. The Balaban J connectivity index is 0. The quantitative estimate of drug-likeness (QED) is 0.0312. The zero-order valence-corrected chi connectivity index (χ0v) is 48.6. The van der Waals surface area contributed by atoms with E-state index in [1.165, 1.54) is 48.0 Å². The number of carbonyl (C=O) groups is 8. The summed E-state index contributed by atoms with van der Waals surface area (Å²) in [5, 5.41) is 8.34. The molecule has 0 aliphatic heterocycles. The molecule has 0 aromatic heterocycles. The van der Waals surface area contributed by atoms with E-state index in [1.54, 1.807) is 34.6 Å². The maximum atomic E-state index is 13.9. The summed E-state index contributed by atoms with van der Waals surface area (Å²) in [6, 6.07) is -4.30. The first-order valence-corrected chi connectivity index (χ1v) is 26.2. The molecule has 0 saturated heterocycles. The van der Waals surface area contributed by atoms with Gasteiger partial charge in [0.25, 0.3) is 0 Å². The molecular formula is C54H99N7O13. The third kappa shape index (κ3) is 30.3. The number of nitrogens with zero attached hydrogens (tertiary/aromatic N) is 4. The number of hydrogen-bond donors (Lipinski definition) is 3. The van der Waals surface area contributed by atoms with E-state index in [9.17, 15) is 38.4 Å². The van der Waals surface area contributed by atoms with Gasteiger partial charge in [-0.15, -0.1) is 0 Å². The zero-order valence-electron chi connectivity index (χ0n) is 48.6. The van der Waals surface area contributed by atoms with Crippen LogP contribution in [0, 0.1) is 17.8 Å². The van der Waals surface area contributed by atoms with Crippen LogP contribution in [0.4, 0.5) is 4.79 Å². The average Bonchev–Trinajstić information content (AvgIpc) is 3.29. The molecule has 0 aromatic carbocycles. The lowest BCUT2D eigenvalue weighted by Gasteiger charge is -2.35. The van der Waals surface area contributed by atoms with Crippen LogP contribution in [0.25, 0.3) is 0 Å². The molecule has 0 unspecified atom stereocenters. The highest BCUT2D eigenvalue weighted by Gasteiger charge is 2.38. The fraction of sp³-hybridized carbons (Fsp3) is 0.778. The molecule has 0 rings (SSSR count). The van der Waals surface area contributed by atoms with Crippen molar-refractivity contribution in [1.29, 1.82) is 0 Å². The van der Waals surface area contributed by atoms with Crippen molar-refractivity contribution >= 4 is 47.6 Å². The summed E-state index contributed by atoms with van der Waals surface area (Å²) >= 11 is 0. The molecule has 0 saturated carbocycles. The largest absolute Gasteiger partial charge is 0.460 e. The van der Waals surface area contributed by atoms with E-state index >= 15 is 0 Å². The molecule has 74 heavy (non-hydrogen) atoms. The van der Waals surface area contributed by atoms with Gasteiger partial charge in [0.2, 0.25) is 29.5 Å². The minimum atomic E-state index is -1.14. The van der Waals surface area contributed by atoms with Crippen molar-refractivity contribution in [3.8, 4) is 0 Å². The lowest BCUT2D eigenvalue weighted by molar-refractivity contribution is -0.150. The molecule has 7 atom stereocenters. The first-order valence-electron chi connectivity index (χ1n) is 26.2. The molecule has 0 aliphatic rings. The number of ether oxygens (including phenoxy) is 5. The number of carbonyl (C=O) groups excluding carboxylic acids is 8. The van der Waals surface area contributed by atoms with Crippen LogP contribution in [-0.2, 0) is 57.2 Å². The van der Waals surface area contributed by atoms with Gasteiger partial charge >= 0.3 is 18.0 Å². The Bertz CT molecular complexity index is 1740. The smallest absolute Gasteiger partial charge is 0.408 e. The van der Waals surface area contributed by atoms with Crippen molar-refractivity contribution in [2.75, 3.05) is 74.8 Å². The maximum Gasteiger partial charge on any atom is 0.408 e. The van der Waals surface area contributed by atoms with Gasteiger partial charge < -0.3 is 54.3 Å². The molecule has 6 amide bonds. The van der Waals surface area contributed by atoms with Gasteiger partial charge in [-0.3, -0.25) is 38.5 Å². The predicted molar refractivity (Wildman–Crippen MR) is 288 cm³/mol. The topological polar surface area (TPSA) is 232 Å². The van der Waals surface area contributed by atoms with Crippen LogP contribution < -0.4 is 16.0 Å². The van der Waals surface area contributed by atoms with Crippen LogP contribution in [-0.4, -0.2) is 190 Å². The fourth-order valence-corrected chi connectivity index (χ4v) is 7.12. The Morgan fingerprint density at radius 3 is 1.27 bits per heavy atom. The van der Waals surface area contributed by atoms with Crippen molar-refractivity contribution in [2.45, 2.75) is 183 Å². The van der Waals surface area contributed by atoms with Crippen LogP contribution in [0.2, 0.25) is 0 Å². The van der Waals surface area contributed by atoms with Crippen LogP contribution >= 0.6 is 0 Å². The highest BCUT2D eigenvalue weighted by atomic mass is 16.6. The molecule has 0 radical (unpaired) electrons. The second kappa shape index (κ2) is 37.6. The predicted octanol–water partition coefficient (Wildman–Crippen LogP) is 5.52. The Labute approximate surface area is 444 Å². The number of rotatable bonds is 34. The number of amides is 6. The number of hydrogen-bond acceptors (Lipinski definition) is 14. The van der Waals surface area contributed by atoms with Crippen LogP contribution in [0.15, 0.2) is 25.3 Å².